The Morgan fingerprint density at radius 1 is 1.19 bits per heavy atom. The fourth-order valence-corrected chi connectivity index (χ4v) is 2.37. The molecule has 1 aromatic heterocycles. The lowest BCUT2D eigenvalue weighted by Crippen LogP contribution is -2.01. The molecule has 1 N–H and O–H groups in total. The molecule has 2 aromatic rings. The van der Waals surface area contributed by atoms with Gasteiger partial charge in [-0.05, 0) is 30.3 Å². The average molecular weight is 328 g/mol. The number of rotatable bonds is 4. The number of anilines is 2. The zero-order valence-electron chi connectivity index (χ0n) is 10.8. The van der Waals surface area contributed by atoms with Gasteiger partial charge in [-0.3, -0.25) is 10.1 Å². The van der Waals surface area contributed by atoms with Gasteiger partial charge >= 0.3 is 5.69 Å². The second-order valence-electron chi connectivity index (χ2n) is 4.18. The molecule has 0 fully saturated rings. The van der Waals surface area contributed by atoms with Crippen molar-refractivity contribution >= 4 is 38.6 Å². The van der Waals surface area contributed by atoms with Crippen LogP contribution in [-0.4, -0.2) is 24.6 Å². The van der Waals surface area contributed by atoms with Crippen LogP contribution >= 0.6 is 11.6 Å². The van der Waals surface area contributed by atoms with E-state index in [4.69, 9.17) is 11.6 Å². The van der Waals surface area contributed by atoms with Crippen LogP contribution in [0.2, 0.25) is 5.15 Å². The Bertz CT molecular complexity index is 791. The molecule has 0 radical (unpaired) electrons. The number of benzene rings is 1. The highest BCUT2D eigenvalue weighted by atomic mass is 35.5. The number of nitrogens with zero attached hydrogens (tertiary/aromatic N) is 2. The Morgan fingerprint density at radius 2 is 1.81 bits per heavy atom. The first-order valence-electron chi connectivity index (χ1n) is 5.65. The van der Waals surface area contributed by atoms with Gasteiger partial charge < -0.3 is 5.32 Å². The summed E-state index contributed by atoms with van der Waals surface area (Å²) in [5, 5.41) is 13.8. The molecule has 2 rings (SSSR count). The van der Waals surface area contributed by atoms with Gasteiger partial charge in [0.25, 0.3) is 0 Å². The van der Waals surface area contributed by atoms with Crippen molar-refractivity contribution in [2.24, 2.45) is 0 Å². The molecule has 1 aromatic carbocycles. The lowest BCUT2D eigenvalue weighted by molar-refractivity contribution is -0.384. The van der Waals surface area contributed by atoms with E-state index in [0.717, 1.165) is 6.26 Å². The Morgan fingerprint density at radius 3 is 2.33 bits per heavy atom. The molecule has 0 amide bonds. The molecule has 9 heteroatoms. The van der Waals surface area contributed by atoms with Gasteiger partial charge in [0.2, 0.25) is 5.82 Å². The summed E-state index contributed by atoms with van der Waals surface area (Å²) in [5.74, 6) is -0.0143. The van der Waals surface area contributed by atoms with Crippen molar-refractivity contribution in [2.45, 2.75) is 4.90 Å². The number of nitrogens with one attached hydrogen (secondary N) is 1. The van der Waals surface area contributed by atoms with Crippen molar-refractivity contribution < 1.29 is 13.3 Å². The Hall–Kier alpha value is -2.19. The molecule has 0 bridgehead atoms. The van der Waals surface area contributed by atoms with Crippen LogP contribution < -0.4 is 5.32 Å². The summed E-state index contributed by atoms with van der Waals surface area (Å²) in [5.41, 5.74) is 0.229. The third-order valence-electron chi connectivity index (χ3n) is 2.58. The first-order chi connectivity index (χ1) is 9.77. The van der Waals surface area contributed by atoms with Crippen LogP contribution in [0.1, 0.15) is 0 Å². The molecule has 110 valence electrons. The molecule has 0 saturated carbocycles. The maximum absolute atomic E-state index is 11.4. The lowest BCUT2D eigenvalue weighted by atomic mass is 10.3. The van der Waals surface area contributed by atoms with Gasteiger partial charge in [-0.2, -0.15) is 0 Å². The smallest absolute Gasteiger partial charge is 0.311 e. The maximum Gasteiger partial charge on any atom is 0.311 e. The second kappa shape index (κ2) is 5.66. The maximum atomic E-state index is 11.4. The van der Waals surface area contributed by atoms with Crippen molar-refractivity contribution in [2.75, 3.05) is 11.6 Å². The van der Waals surface area contributed by atoms with Crippen LogP contribution in [0.15, 0.2) is 41.3 Å². The van der Waals surface area contributed by atoms with Crippen LogP contribution in [0, 0.1) is 10.1 Å². The number of aromatic nitrogens is 1. The van der Waals surface area contributed by atoms with E-state index < -0.39 is 14.8 Å². The average Bonchev–Trinajstić information content (AvgIpc) is 2.38. The van der Waals surface area contributed by atoms with E-state index in [1.54, 1.807) is 0 Å². The van der Waals surface area contributed by atoms with E-state index in [1.807, 2.05) is 0 Å². The minimum absolute atomic E-state index is 0.0143. The van der Waals surface area contributed by atoms with Crippen LogP contribution in [0.4, 0.5) is 17.2 Å². The van der Waals surface area contributed by atoms with Gasteiger partial charge in [0.1, 0.15) is 5.15 Å². The summed E-state index contributed by atoms with van der Waals surface area (Å²) in [6, 6.07) is 8.33. The minimum atomic E-state index is -3.29. The van der Waals surface area contributed by atoms with Crippen molar-refractivity contribution in [1.29, 1.82) is 0 Å². The number of pyridine rings is 1. The SMILES string of the molecule is CS(=O)(=O)c1ccc(Nc2nc(Cl)ccc2[N+](=O)[O-])cc1. The van der Waals surface area contributed by atoms with Crippen molar-refractivity contribution in [3.05, 3.63) is 51.7 Å². The number of halogens is 1. The lowest BCUT2D eigenvalue weighted by Gasteiger charge is -2.07. The van der Waals surface area contributed by atoms with E-state index in [0.29, 0.717) is 5.69 Å². The van der Waals surface area contributed by atoms with E-state index in [-0.39, 0.29) is 21.6 Å². The molecule has 0 saturated heterocycles. The third-order valence-corrected chi connectivity index (χ3v) is 3.92. The summed E-state index contributed by atoms with van der Waals surface area (Å²) in [6.07, 6.45) is 1.10. The predicted molar refractivity (Wildman–Crippen MR) is 78.7 cm³/mol. The van der Waals surface area contributed by atoms with Crippen LogP contribution in [0.5, 0.6) is 0 Å². The Kier molecular flexibility index (Phi) is 4.10. The molecule has 0 spiro atoms. The molecular weight excluding hydrogens is 318 g/mol. The highest BCUT2D eigenvalue weighted by Gasteiger charge is 2.16. The van der Waals surface area contributed by atoms with E-state index in [1.165, 1.54) is 36.4 Å². The molecule has 0 atom stereocenters. The Balaban J connectivity index is 2.34. The minimum Gasteiger partial charge on any atom is -0.334 e. The van der Waals surface area contributed by atoms with Crippen molar-refractivity contribution in [3.63, 3.8) is 0 Å². The van der Waals surface area contributed by atoms with E-state index in [2.05, 4.69) is 10.3 Å². The van der Waals surface area contributed by atoms with Gasteiger partial charge in [-0.25, -0.2) is 13.4 Å². The molecule has 1 heterocycles. The number of nitro groups is 1. The number of hydrogen-bond donors (Lipinski definition) is 1. The van der Waals surface area contributed by atoms with Gasteiger partial charge in [-0.1, -0.05) is 11.6 Å². The summed E-state index contributed by atoms with van der Waals surface area (Å²) < 4.78 is 22.7. The first-order valence-corrected chi connectivity index (χ1v) is 7.92. The highest BCUT2D eigenvalue weighted by Crippen LogP contribution is 2.27. The highest BCUT2D eigenvalue weighted by molar-refractivity contribution is 7.90. The van der Waals surface area contributed by atoms with E-state index in [9.17, 15) is 18.5 Å². The van der Waals surface area contributed by atoms with Crippen molar-refractivity contribution in [3.8, 4) is 0 Å². The van der Waals surface area contributed by atoms with Crippen molar-refractivity contribution in [1.82, 2.24) is 4.98 Å². The van der Waals surface area contributed by atoms with Gasteiger partial charge in [0, 0.05) is 18.0 Å². The normalized spacial score (nSPS) is 11.1. The quantitative estimate of drug-likeness (QED) is 0.526. The first kappa shape index (κ1) is 15.2. The summed E-state index contributed by atoms with van der Waals surface area (Å²) in [4.78, 5) is 14.3. The third kappa shape index (κ3) is 3.67. The zero-order chi connectivity index (χ0) is 15.6. The topological polar surface area (TPSA) is 102 Å². The second-order valence-corrected chi connectivity index (χ2v) is 6.58. The molecule has 0 aliphatic rings. The fourth-order valence-electron chi connectivity index (χ4n) is 1.59. The molecular formula is C12H10ClN3O4S. The number of sulfone groups is 1. The van der Waals surface area contributed by atoms with E-state index >= 15 is 0 Å². The van der Waals surface area contributed by atoms with Gasteiger partial charge in [-0.15, -0.1) is 0 Å². The zero-order valence-corrected chi connectivity index (χ0v) is 12.4. The Labute approximate surface area is 125 Å². The molecule has 0 aliphatic heterocycles. The van der Waals surface area contributed by atoms with Crippen LogP contribution in [-0.2, 0) is 9.84 Å². The summed E-state index contributed by atoms with van der Waals surface area (Å²) in [6.45, 7) is 0. The number of hydrogen-bond acceptors (Lipinski definition) is 6. The van der Waals surface area contributed by atoms with Gasteiger partial charge in [0.15, 0.2) is 9.84 Å². The fraction of sp³-hybridized carbons (Fsp3) is 0.0833. The largest absolute Gasteiger partial charge is 0.334 e. The summed E-state index contributed by atoms with van der Waals surface area (Å²) >= 11 is 5.72. The monoisotopic (exact) mass is 327 g/mol. The predicted octanol–water partition coefficient (Wildman–Crippen LogP) is 2.79. The van der Waals surface area contributed by atoms with Crippen LogP contribution in [0.3, 0.4) is 0 Å². The molecule has 0 unspecified atom stereocenters. The van der Waals surface area contributed by atoms with Gasteiger partial charge in [0.05, 0.1) is 9.82 Å². The summed E-state index contributed by atoms with van der Waals surface area (Å²) in [7, 11) is -3.29. The van der Waals surface area contributed by atoms with Crippen LogP contribution in [0.25, 0.3) is 0 Å². The molecule has 7 nitrogen and oxygen atoms in total. The molecule has 21 heavy (non-hydrogen) atoms. The standard InChI is InChI=1S/C12H10ClN3O4S/c1-21(19,20)9-4-2-8(3-5-9)14-12-10(16(17)18)6-7-11(13)15-12/h2-7H,1H3,(H,14,15). The molecule has 0 aliphatic carbocycles.